The minimum Gasteiger partial charge on any atom is -0.458 e. The van der Waals surface area contributed by atoms with E-state index in [2.05, 4.69) is 31.5 Å². The number of hydrogen-bond acceptors (Lipinski definition) is 18. The monoisotopic (exact) mass is 1140 g/mol. The summed E-state index contributed by atoms with van der Waals surface area (Å²) in [6.07, 6.45) is 2.00. The second kappa shape index (κ2) is 28.2. The number of imide groups is 1. The summed E-state index contributed by atoms with van der Waals surface area (Å²) in [7, 11) is 0. The average Bonchev–Trinajstić information content (AvgIpc) is 2.84. The number of aromatic nitrogens is 2. The molecule has 7 amide bonds. The number of halogens is 1. The van der Waals surface area contributed by atoms with E-state index in [1.165, 1.54) is 18.2 Å². The summed E-state index contributed by atoms with van der Waals surface area (Å²) in [5.74, 6) is -5.09. The van der Waals surface area contributed by atoms with Crippen molar-refractivity contribution in [1.29, 1.82) is 0 Å². The minimum absolute atomic E-state index is 0.0151. The number of hydrogen-bond donors (Lipinski definition) is 6. The summed E-state index contributed by atoms with van der Waals surface area (Å²) < 4.78 is 49.8. The van der Waals surface area contributed by atoms with Crippen LogP contribution >= 0.6 is 0 Å². The van der Waals surface area contributed by atoms with Crippen molar-refractivity contribution in [1.82, 2.24) is 45.9 Å². The fourth-order valence-corrected chi connectivity index (χ4v) is 9.72. The molecule has 438 valence electrons. The molecule has 0 spiro atoms. The number of cyclic esters (lactones) is 1. The zero-order chi connectivity index (χ0) is 58.3. The van der Waals surface area contributed by atoms with Gasteiger partial charge >= 0.3 is 5.97 Å². The molecule has 0 bridgehead atoms. The van der Waals surface area contributed by atoms with Gasteiger partial charge in [-0.25, -0.2) is 14.2 Å². The summed E-state index contributed by atoms with van der Waals surface area (Å²) in [5, 5.41) is 24.7. The summed E-state index contributed by atoms with van der Waals surface area (Å²) in [4.78, 5) is 122. The Bertz CT molecular complexity index is 3140. The van der Waals surface area contributed by atoms with Crippen molar-refractivity contribution >= 4 is 58.2 Å². The van der Waals surface area contributed by atoms with E-state index < -0.39 is 84.3 Å². The van der Waals surface area contributed by atoms with Gasteiger partial charge in [0.1, 0.15) is 25.2 Å². The largest absolute Gasteiger partial charge is 0.458 e. The normalized spacial score (nSPS) is 17.7. The SMILES string of the molecule is CC[C@@]1(O)C(=O)OCc2c1cc1n(c2=O)Cc2c-1nc1cc(F)c(C)cc1c2CN1CCO[C@H](COCNC(=O)CNC(=O)C(Cc2ccccc2)NC(=O)CNC(=O)CNC(=O)CCOCCOCCOCCN2C(=O)C=CC2=O)C1. The molecule has 4 aliphatic heterocycles. The maximum Gasteiger partial charge on any atom is 0.343 e. The number of morpholine rings is 1. The maximum absolute atomic E-state index is 15.1. The minimum atomic E-state index is -2.01. The Labute approximate surface area is 470 Å². The van der Waals surface area contributed by atoms with E-state index in [1.807, 2.05) is 0 Å². The lowest BCUT2D eigenvalue weighted by Gasteiger charge is -2.33. The van der Waals surface area contributed by atoms with Gasteiger partial charge in [0.2, 0.25) is 29.5 Å². The van der Waals surface area contributed by atoms with Crippen molar-refractivity contribution in [2.45, 2.75) is 70.6 Å². The van der Waals surface area contributed by atoms with Crippen LogP contribution in [0.15, 0.2) is 65.5 Å². The van der Waals surface area contributed by atoms with Crippen molar-refractivity contribution in [3.63, 3.8) is 0 Å². The van der Waals surface area contributed by atoms with Gasteiger partial charge in [-0.2, -0.15) is 0 Å². The van der Waals surface area contributed by atoms with Crippen molar-refractivity contribution in [3.8, 4) is 11.4 Å². The average molecular weight is 1140 g/mol. The van der Waals surface area contributed by atoms with Crippen molar-refractivity contribution in [2.24, 2.45) is 0 Å². The zero-order valence-corrected chi connectivity index (χ0v) is 45.5. The molecule has 2 aromatic heterocycles. The number of carbonyl (C=O) groups excluding carboxylic acids is 8. The molecular weight excluding hydrogens is 1070 g/mol. The van der Waals surface area contributed by atoms with Crippen LogP contribution in [0.5, 0.6) is 0 Å². The number of pyridine rings is 2. The molecule has 0 radical (unpaired) electrons. The van der Waals surface area contributed by atoms with E-state index in [0.717, 1.165) is 16.0 Å². The molecule has 1 fully saturated rings. The smallest absolute Gasteiger partial charge is 0.343 e. The molecule has 0 aliphatic carbocycles. The number of fused-ring (bicyclic) bond motifs is 5. The molecule has 82 heavy (non-hydrogen) atoms. The fourth-order valence-electron chi connectivity index (χ4n) is 9.72. The van der Waals surface area contributed by atoms with Crippen molar-refractivity contribution < 1.29 is 76.3 Å². The van der Waals surface area contributed by atoms with Crippen LogP contribution < -0.4 is 32.1 Å². The highest BCUT2D eigenvalue weighted by atomic mass is 19.1. The lowest BCUT2D eigenvalue weighted by atomic mass is 9.86. The number of benzene rings is 2. The van der Waals surface area contributed by atoms with Crippen LogP contribution in [0, 0.1) is 12.7 Å². The van der Waals surface area contributed by atoms with E-state index >= 15 is 4.39 Å². The summed E-state index contributed by atoms with van der Waals surface area (Å²) in [5.41, 5.74) is 1.90. The number of aryl methyl sites for hydroxylation is 1. The zero-order valence-electron chi connectivity index (χ0n) is 45.5. The van der Waals surface area contributed by atoms with Gasteiger partial charge in [-0.05, 0) is 42.2 Å². The van der Waals surface area contributed by atoms with Crippen LogP contribution in [-0.4, -0.2) is 183 Å². The lowest BCUT2D eigenvalue weighted by Crippen LogP contribution is -2.52. The number of nitrogens with zero attached hydrogens (tertiary/aromatic N) is 4. The number of rotatable bonds is 29. The van der Waals surface area contributed by atoms with Crippen LogP contribution in [0.2, 0.25) is 0 Å². The molecule has 4 aliphatic rings. The second-order valence-corrected chi connectivity index (χ2v) is 19.8. The molecule has 6 heterocycles. The first-order chi connectivity index (χ1) is 39.5. The molecule has 6 N–H and O–H groups in total. The van der Waals surface area contributed by atoms with Gasteiger partial charge in [0, 0.05) is 67.2 Å². The molecule has 1 saturated heterocycles. The molecule has 25 nitrogen and oxygen atoms in total. The molecule has 1 unspecified atom stereocenters. The Morgan fingerprint density at radius 1 is 0.829 bits per heavy atom. The van der Waals surface area contributed by atoms with Gasteiger partial charge in [-0.1, -0.05) is 37.3 Å². The fraction of sp³-hybridized carbons (Fsp3) is 0.464. The molecule has 8 rings (SSSR count). The molecular formula is C56H66FN9O16. The standard InChI is InChI=1S/C56H66FN9O16/c1-3-56(76)41-23-45-52-39(30-66(45)54(74)40(41)32-82-55(56)75)38(37-21-34(2)42(57)24-43(37)63-52)29-64-12-16-81-36(28-64)31-80-33-61-48(69)26-60-53(73)44(22-35-7-5-4-6-8-35)62-49(70)27-59-47(68)25-58-46(67)11-14-77-17-19-79-20-18-78-15-13-65-50(71)9-10-51(65)72/h4-10,21,23-24,36,44,76H,3,11-20,22,25-33H2,1-2H3,(H,58,67)(H,59,68)(H,60,73)(H,61,69)(H,62,70)/t36-,44?,56-/m0/s1. The number of carbonyl (C=O) groups is 8. The Morgan fingerprint density at radius 2 is 1.51 bits per heavy atom. The third-order valence-electron chi connectivity index (χ3n) is 14.2. The number of aliphatic hydroxyl groups is 1. The molecule has 3 atom stereocenters. The highest BCUT2D eigenvalue weighted by Gasteiger charge is 2.46. The first kappa shape index (κ1) is 60.3. The highest BCUT2D eigenvalue weighted by Crippen LogP contribution is 2.41. The Kier molecular flexibility index (Phi) is 20.7. The van der Waals surface area contributed by atoms with Gasteiger partial charge in [0.25, 0.3) is 17.4 Å². The summed E-state index contributed by atoms with van der Waals surface area (Å²) >= 11 is 0. The predicted octanol–water partition coefficient (Wildman–Crippen LogP) is -0.741. The maximum atomic E-state index is 15.1. The Hall–Kier alpha value is -7.85. The first-order valence-corrected chi connectivity index (χ1v) is 26.9. The Balaban J connectivity index is 0.737. The summed E-state index contributed by atoms with van der Waals surface area (Å²) in [6, 6.07) is 12.4. The molecule has 0 saturated carbocycles. The van der Waals surface area contributed by atoms with Gasteiger partial charge in [-0.3, -0.25) is 48.2 Å². The van der Waals surface area contributed by atoms with Gasteiger partial charge in [0.05, 0.1) is 114 Å². The van der Waals surface area contributed by atoms with Crippen LogP contribution in [0.3, 0.4) is 0 Å². The third kappa shape index (κ3) is 15.2. The van der Waals surface area contributed by atoms with Gasteiger partial charge in [-0.15, -0.1) is 0 Å². The second-order valence-electron chi connectivity index (χ2n) is 19.8. The van der Waals surface area contributed by atoms with Crippen LogP contribution in [0.4, 0.5) is 4.39 Å². The third-order valence-corrected chi connectivity index (χ3v) is 14.2. The quantitative estimate of drug-likeness (QED) is 0.0149. The number of ether oxygens (including phenoxy) is 6. The molecule has 2 aromatic carbocycles. The van der Waals surface area contributed by atoms with E-state index in [0.29, 0.717) is 59.7 Å². The number of amides is 7. The van der Waals surface area contributed by atoms with Crippen LogP contribution in [0.1, 0.15) is 53.1 Å². The van der Waals surface area contributed by atoms with E-state index in [4.69, 9.17) is 33.4 Å². The number of nitrogens with one attached hydrogen (secondary N) is 5. The van der Waals surface area contributed by atoms with Crippen molar-refractivity contribution in [2.75, 3.05) is 98.9 Å². The predicted molar refractivity (Wildman–Crippen MR) is 287 cm³/mol. The Morgan fingerprint density at radius 3 is 2.26 bits per heavy atom. The van der Waals surface area contributed by atoms with E-state index in [1.54, 1.807) is 60.9 Å². The van der Waals surface area contributed by atoms with Crippen LogP contribution in [0.25, 0.3) is 22.3 Å². The van der Waals surface area contributed by atoms with E-state index in [-0.39, 0.29) is 115 Å². The van der Waals surface area contributed by atoms with Crippen molar-refractivity contribution in [3.05, 3.63) is 110 Å². The number of esters is 1. The lowest BCUT2D eigenvalue weighted by molar-refractivity contribution is -0.172. The van der Waals surface area contributed by atoms with Crippen LogP contribution in [-0.2, 0) is 98.5 Å². The molecule has 4 aromatic rings. The summed E-state index contributed by atoms with van der Waals surface area (Å²) in [6.45, 7) is 4.65. The first-order valence-electron chi connectivity index (χ1n) is 26.9. The van der Waals surface area contributed by atoms with Gasteiger partial charge in [0.15, 0.2) is 5.60 Å². The highest BCUT2D eigenvalue weighted by molar-refractivity contribution is 6.12. The van der Waals surface area contributed by atoms with E-state index in [9.17, 15) is 48.3 Å². The molecule has 26 heteroatoms. The topological polar surface area (TPSA) is 314 Å². The van der Waals surface area contributed by atoms with Gasteiger partial charge < -0.3 is 64.7 Å².